The lowest BCUT2D eigenvalue weighted by atomic mass is 10.0. The summed E-state index contributed by atoms with van der Waals surface area (Å²) in [5.74, 6) is 0.595. The molecule has 0 unspecified atom stereocenters. The third-order valence-corrected chi connectivity index (χ3v) is 6.97. The van der Waals surface area contributed by atoms with Crippen molar-refractivity contribution in [3.8, 4) is 0 Å². The van der Waals surface area contributed by atoms with Crippen LogP contribution in [0.25, 0.3) is 10.1 Å². The zero-order valence-electron chi connectivity index (χ0n) is 15.5. The Labute approximate surface area is 162 Å². The van der Waals surface area contributed by atoms with Gasteiger partial charge in [0.05, 0.1) is 4.88 Å². The first-order chi connectivity index (χ1) is 13.1. The molecule has 6 heteroatoms. The van der Waals surface area contributed by atoms with Crippen molar-refractivity contribution in [2.45, 2.75) is 38.5 Å². The topological polar surface area (TPSA) is 40.6 Å². The maximum absolute atomic E-state index is 13.9. The number of carbonyl (C=O) groups excluding carboxylic acids is 2. The number of nitrogens with zero attached hydrogens (tertiary/aromatic N) is 2. The molecule has 1 aromatic carbocycles. The van der Waals surface area contributed by atoms with E-state index < -0.39 is 0 Å². The number of hydrogen-bond acceptors (Lipinski definition) is 3. The Balaban J connectivity index is 1.32. The molecule has 1 saturated carbocycles. The van der Waals surface area contributed by atoms with Gasteiger partial charge < -0.3 is 9.80 Å². The molecule has 1 aliphatic carbocycles. The summed E-state index contributed by atoms with van der Waals surface area (Å²) in [4.78, 5) is 29.4. The third-order valence-electron chi connectivity index (χ3n) is 5.88. The van der Waals surface area contributed by atoms with E-state index in [4.69, 9.17) is 0 Å². The molecule has 1 saturated heterocycles. The fraction of sp³-hybridized carbons (Fsp3) is 0.524. The van der Waals surface area contributed by atoms with Crippen molar-refractivity contribution < 1.29 is 14.0 Å². The van der Waals surface area contributed by atoms with E-state index in [-0.39, 0.29) is 17.6 Å². The van der Waals surface area contributed by atoms with Crippen LogP contribution in [0.2, 0.25) is 0 Å². The molecule has 4 rings (SSSR count). The van der Waals surface area contributed by atoms with Gasteiger partial charge in [0.1, 0.15) is 5.82 Å². The van der Waals surface area contributed by atoms with Gasteiger partial charge in [0.2, 0.25) is 5.91 Å². The molecule has 0 spiro atoms. The van der Waals surface area contributed by atoms with Crippen molar-refractivity contribution in [2.24, 2.45) is 5.92 Å². The van der Waals surface area contributed by atoms with E-state index in [1.165, 1.54) is 43.1 Å². The van der Waals surface area contributed by atoms with Gasteiger partial charge in [-0.25, -0.2) is 4.39 Å². The van der Waals surface area contributed by atoms with E-state index in [9.17, 15) is 14.0 Å². The van der Waals surface area contributed by atoms with Crippen LogP contribution >= 0.6 is 11.3 Å². The first-order valence-electron chi connectivity index (χ1n) is 9.87. The van der Waals surface area contributed by atoms with Gasteiger partial charge in [-0.1, -0.05) is 31.7 Å². The lowest BCUT2D eigenvalue weighted by Crippen LogP contribution is -2.50. The van der Waals surface area contributed by atoms with Crippen molar-refractivity contribution in [1.82, 2.24) is 9.80 Å². The summed E-state index contributed by atoms with van der Waals surface area (Å²) in [6, 6.07) is 6.56. The summed E-state index contributed by atoms with van der Waals surface area (Å²) in [5, 5.41) is 0.506. The average Bonchev–Trinajstić information content (AvgIpc) is 3.36. The van der Waals surface area contributed by atoms with Crippen LogP contribution in [0.5, 0.6) is 0 Å². The SMILES string of the molecule is O=C(CCC1CCCC1)N1CCN(C(=O)c2cc3c(F)cccc3s2)CC1. The van der Waals surface area contributed by atoms with Gasteiger partial charge in [-0.15, -0.1) is 11.3 Å². The lowest BCUT2D eigenvalue weighted by Gasteiger charge is -2.34. The largest absolute Gasteiger partial charge is 0.339 e. The molecule has 2 aromatic rings. The number of amides is 2. The number of carbonyl (C=O) groups is 2. The van der Waals surface area contributed by atoms with Crippen LogP contribution in [0.4, 0.5) is 4.39 Å². The van der Waals surface area contributed by atoms with Gasteiger partial charge in [0.25, 0.3) is 5.91 Å². The number of fused-ring (bicyclic) bond motifs is 1. The highest BCUT2D eigenvalue weighted by Gasteiger charge is 2.26. The number of rotatable bonds is 4. The molecule has 2 aliphatic rings. The van der Waals surface area contributed by atoms with Gasteiger partial charge >= 0.3 is 0 Å². The van der Waals surface area contributed by atoms with E-state index in [0.717, 1.165) is 17.0 Å². The smallest absolute Gasteiger partial charge is 0.264 e. The fourth-order valence-electron chi connectivity index (χ4n) is 4.23. The summed E-state index contributed by atoms with van der Waals surface area (Å²) < 4.78 is 14.7. The minimum Gasteiger partial charge on any atom is -0.339 e. The van der Waals surface area contributed by atoms with Crippen LogP contribution < -0.4 is 0 Å². The van der Waals surface area contributed by atoms with Gasteiger partial charge in [0, 0.05) is 42.7 Å². The van der Waals surface area contributed by atoms with Crippen LogP contribution in [0.1, 0.15) is 48.2 Å². The number of thiophene rings is 1. The third kappa shape index (κ3) is 4.00. The molecular formula is C21H25FN2O2S. The molecule has 1 aromatic heterocycles. The zero-order chi connectivity index (χ0) is 18.8. The molecule has 0 atom stereocenters. The molecule has 1 aliphatic heterocycles. The van der Waals surface area contributed by atoms with E-state index in [1.807, 2.05) is 11.0 Å². The summed E-state index contributed by atoms with van der Waals surface area (Å²) in [6.45, 7) is 2.28. The highest BCUT2D eigenvalue weighted by Crippen LogP contribution is 2.30. The molecule has 4 nitrogen and oxygen atoms in total. The van der Waals surface area contributed by atoms with Gasteiger partial charge in [-0.2, -0.15) is 0 Å². The second-order valence-electron chi connectivity index (χ2n) is 7.62. The quantitative estimate of drug-likeness (QED) is 0.784. The Bertz CT molecular complexity index is 836. The Morgan fingerprint density at radius 2 is 1.78 bits per heavy atom. The molecule has 0 radical (unpaired) electrons. The number of piperazine rings is 1. The minimum absolute atomic E-state index is 0.0614. The monoisotopic (exact) mass is 388 g/mol. The van der Waals surface area contributed by atoms with Gasteiger partial charge in [-0.3, -0.25) is 9.59 Å². The van der Waals surface area contributed by atoms with E-state index in [1.54, 1.807) is 17.0 Å². The van der Waals surface area contributed by atoms with Crippen molar-refractivity contribution in [3.63, 3.8) is 0 Å². The molecule has 144 valence electrons. The van der Waals surface area contributed by atoms with E-state index in [2.05, 4.69) is 0 Å². The van der Waals surface area contributed by atoms with Crippen molar-refractivity contribution in [2.75, 3.05) is 26.2 Å². The Hall–Kier alpha value is -1.95. The van der Waals surface area contributed by atoms with E-state index >= 15 is 0 Å². The van der Waals surface area contributed by atoms with Crippen molar-refractivity contribution >= 4 is 33.2 Å². The van der Waals surface area contributed by atoms with Crippen molar-refractivity contribution in [1.29, 1.82) is 0 Å². The normalized spacial score (nSPS) is 18.4. The molecule has 2 fully saturated rings. The maximum atomic E-state index is 13.9. The maximum Gasteiger partial charge on any atom is 0.264 e. The second-order valence-corrected chi connectivity index (χ2v) is 8.71. The Morgan fingerprint density at radius 3 is 2.48 bits per heavy atom. The van der Waals surface area contributed by atoms with Crippen LogP contribution in [0.15, 0.2) is 24.3 Å². The highest BCUT2D eigenvalue weighted by atomic mass is 32.1. The first kappa shape index (κ1) is 18.4. The molecule has 27 heavy (non-hydrogen) atoms. The molecule has 0 N–H and O–H groups in total. The molecule has 0 bridgehead atoms. The zero-order valence-corrected chi connectivity index (χ0v) is 16.3. The number of hydrogen-bond donors (Lipinski definition) is 0. The summed E-state index contributed by atoms with van der Waals surface area (Å²) >= 11 is 1.33. The first-order valence-corrected chi connectivity index (χ1v) is 10.7. The molecule has 2 heterocycles. The van der Waals surface area contributed by atoms with Crippen LogP contribution in [0.3, 0.4) is 0 Å². The van der Waals surface area contributed by atoms with Crippen LogP contribution in [-0.4, -0.2) is 47.8 Å². The predicted molar refractivity (Wildman–Crippen MR) is 105 cm³/mol. The van der Waals surface area contributed by atoms with Gasteiger partial charge in [0.15, 0.2) is 0 Å². The Morgan fingerprint density at radius 1 is 1.07 bits per heavy atom. The molecular weight excluding hydrogens is 363 g/mol. The summed E-state index contributed by atoms with van der Waals surface area (Å²) in [6.07, 6.45) is 6.79. The predicted octanol–water partition coefficient (Wildman–Crippen LogP) is 4.30. The number of halogens is 1. The van der Waals surface area contributed by atoms with E-state index in [0.29, 0.717) is 42.9 Å². The average molecular weight is 389 g/mol. The van der Waals surface area contributed by atoms with Crippen molar-refractivity contribution in [3.05, 3.63) is 35.0 Å². The standard InChI is InChI=1S/C21H25FN2O2S/c22-17-6-3-7-18-16(17)14-19(27-18)21(26)24-12-10-23(11-13-24)20(25)9-8-15-4-1-2-5-15/h3,6-7,14-15H,1-2,4-5,8-13H2. The van der Waals surface area contributed by atoms with Crippen LogP contribution in [-0.2, 0) is 4.79 Å². The minimum atomic E-state index is -0.291. The molecule has 2 amide bonds. The summed E-state index contributed by atoms with van der Waals surface area (Å²) in [7, 11) is 0. The second kappa shape index (κ2) is 7.97. The number of benzene rings is 1. The lowest BCUT2D eigenvalue weighted by molar-refractivity contribution is -0.133. The van der Waals surface area contributed by atoms with Gasteiger partial charge in [-0.05, 0) is 30.5 Å². The fourth-order valence-corrected chi connectivity index (χ4v) is 5.27. The Kier molecular flexibility index (Phi) is 5.43. The summed E-state index contributed by atoms with van der Waals surface area (Å²) in [5.41, 5.74) is 0. The highest BCUT2D eigenvalue weighted by molar-refractivity contribution is 7.20. The van der Waals surface area contributed by atoms with Crippen LogP contribution in [0, 0.1) is 11.7 Å².